The Morgan fingerprint density at radius 2 is 2.05 bits per heavy atom. The van der Waals surface area contributed by atoms with E-state index in [0.717, 1.165) is 31.4 Å². The van der Waals surface area contributed by atoms with E-state index in [9.17, 15) is 5.11 Å². The van der Waals surface area contributed by atoms with Gasteiger partial charge in [0.05, 0.1) is 21.6 Å². The highest BCUT2D eigenvalue weighted by molar-refractivity contribution is 9.11. The van der Waals surface area contributed by atoms with Gasteiger partial charge in [-0.05, 0) is 67.7 Å². The Labute approximate surface area is 143 Å². The molecule has 2 heterocycles. The summed E-state index contributed by atoms with van der Waals surface area (Å²) in [5.74, 6) is 0. The van der Waals surface area contributed by atoms with Crippen molar-refractivity contribution in [1.82, 2.24) is 14.8 Å². The predicted octanol–water partition coefficient (Wildman–Crippen LogP) is 4.17. The van der Waals surface area contributed by atoms with Gasteiger partial charge in [-0.1, -0.05) is 0 Å². The zero-order valence-corrected chi connectivity index (χ0v) is 15.8. The molecule has 0 aliphatic carbocycles. The van der Waals surface area contributed by atoms with Crippen LogP contribution in [0.5, 0.6) is 0 Å². The van der Waals surface area contributed by atoms with Crippen molar-refractivity contribution in [2.24, 2.45) is 0 Å². The lowest BCUT2D eigenvalue weighted by atomic mass is 10.1. The number of pyridine rings is 1. The Hall–Kier alpha value is -0.240. The van der Waals surface area contributed by atoms with Gasteiger partial charge < -0.3 is 5.11 Å². The smallest absolute Gasteiger partial charge is 0.103 e. The van der Waals surface area contributed by atoms with Crippen LogP contribution in [0.15, 0.2) is 25.7 Å². The monoisotopic (exact) mass is 465 g/mol. The van der Waals surface area contributed by atoms with E-state index in [0.29, 0.717) is 12.1 Å². The molecule has 1 N–H and O–H groups in total. The molecular formula is C13H14Br3N3O. The second-order valence-corrected chi connectivity index (χ2v) is 6.97. The molecule has 0 aliphatic rings. The molecule has 0 aromatic carbocycles. The SMILES string of the molecule is CCn1nc(C)c(Br)c1CC(O)c1ncc(Br)cc1Br. The van der Waals surface area contributed by atoms with Gasteiger partial charge in [0.25, 0.3) is 0 Å². The van der Waals surface area contributed by atoms with Crippen LogP contribution in [0.2, 0.25) is 0 Å². The standard InChI is InChI=1S/C13H14Br3N3O/c1-3-19-10(12(16)7(2)18-19)5-11(20)13-9(15)4-8(14)6-17-13/h4,6,11,20H,3,5H2,1-2H3. The van der Waals surface area contributed by atoms with Crippen LogP contribution in [-0.2, 0) is 13.0 Å². The maximum absolute atomic E-state index is 10.4. The van der Waals surface area contributed by atoms with Crippen LogP contribution in [0, 0.1) is 6.92 Å². The Morgan fingerprint density at radius 3 is 2.65 bits per heavy atom. The molecule has 1 unspecified atom stereocenters. The van der Waals surface area contributed by atoms with E-state index in [1.165, 1.54) is 0 Å². The molecule has 7 heteroatoms. The molecule has 2 rings (SSSR count). The summed E-state index contributed by atoms with van der Waals surface area (Å²) in [6.07, 6.45) is 1.46. The Morgan fingerprint density at radius 1 is 1.35 bits per heavy atom. The molecular weight excluding hydrogens is 454 g/mol. The number of aryl methyl sites for hydroxylation is 2. The highest BCUT2D eigenvalue weighted by atomic mass is 79.9. The number of aromatic nitrogens is 3. The Balaban J connectivity index is 2.30. The van der Waals surface area contributed by atoms with E-state index in [1.807, 2.05) is 24.6 Å². The van der Waals surface area contributed by atoms with Crippen molar-refractivity contribution in [3.05, 3.63) is 42.8 Å². The van der Waals surface area contributed by atoms with Crippen molar-refractivity contribution in [2.45, 2.75) is 32.9 Å². The molecule has 0 amide bonds. The van der Waals surface area contributed by atoms with Gasteiger partial charge in [-0.15, -0.1) is 0 Å². The van der Waals surface area contributed by atoms with Crippen LogP contribution < -0.4 is 0 Å². The molecule has 20 heavy (non-hydrogen) atoms. The Kier molecular flexibility index (Phi) is 5.39. The van der Waals surface area contributed by atoms with Crippen LogP contribution >= 0.6 is 47.8 Å². The highest BCUT2D eigenvalue weighted by Crippen LogP contribution is 2.30. The van der Waals surface area contributed by atoms with Crippen LogP contribution in [-0.4, -0.2) is 19.9 Å². The van der Waals surface area contributed by atoms with Crippen molar-refractivity contribution < 1.29 is 5.11 Å². The molecule has 0 saturated heterocycles. The van der Waals surface area contributed by atoms with Gasteiger partial charge in [0.15, 0.2) is 0 Å². The summed E-state index contributed by atoms with van der Waals surface area (Å²) in [5, 5.41) is 14.9. The first-order chi connectivity index (χ1) is 9.43. The summed E-state index contributed by atoms with van der Waals surface area (Å²) < 4.78 is 4.51. The summed E-state index contributed by atoms with van der Waals surface area (Å²) >= 11 is 10.3. The first-order valence-corrected chi connectivity index (χ1v) is 8.52. The average molecular weight is 468 g/mol. The van der Waals surface area contributed by atoms with Gasteiger partial charge in [0.2, 0.25) is 0 Å². The molecule has 1 atom stereocenters. The van der Waals surface area contributed by atoms with E-state index in [-0.39, 0.29) is 0 Å². The molecule has 0 fully saturated rings. The topological polar surface area (TPSA) is 50.9 Å². The number of rotatable bonds is 4. The molecule has 0 saturated carbocycles. The minimum Gasteiger partial charge on any atom is -0.386 e. The molecule has 0 aliphatic heterocycles. The fourth-order valence-electron chi connectivity index (χ4n) is 2.01. The quantitative estimate of drug-likeness (QED) is 0.734. The minimum absolute atomic E-state index is 0.461. The van der Waals surface area contributed by atoms with Crippen molar-refractivity contribution in [3.8, 4) is 0 Å². The first-order valence-electron chi connectivity index (χ1n) is 6.14. The zero-order chi connectivity index (χ0) is 14.9. The number of hydrogen-bond donors (Lipinski definition) is 1. The van der Waals surface area contributed by atoms with E-state index in [1.54, 1.807) is 6.20 Å². The van der Waals surface area contributed by atoms with E-state index < -0.39 is 6.10 Å². The maximum Gasteiger partial charge on any atom is 0.103 e. The summed E-state index contributed by atoms with van der Waals surface area (Å²) in [4.78, 5) is 4.28. The zero-order valence-electron chi connectivity index (χ0n) is 11.1. The van der Waals surface area contributed by atoms with Crippen LogP contribution in [0.1, 0.15) is 30.1 Å². The van der Waals surface area contributed by atoms with Gasteiger partial charge in [-0.2, -0.15) is 5.10 Å². The van der Waals surface area contributed by atoms with Gasteiger partial charge in [0.1, 0.15) is 6.10 Å². The number of aliphatic hydroxyl groups is 1. The van der Waals surface area contributed by atoms with Crippen LogP contribution in [0.25, 0.3) is 0 Å². The first kappa shape index (κ1) is 16.1. The summed E-state index contributed by atoms with van der Waals surface area (Å²) in [7, 11) is 0. The van der Waals surface area contributed by atoms with Crippen molar-refractivity contribution >= 4 is 47.8 Å². The molecule has 2 aromatic rings. The number of halogens is 3. The molecule has 0 bridgehead atoms. The van der Waals surface area contributed by atoms with E-state index in [4.69, 9.17) is 0 Å². The molecule has 2 aromatic heterocycles. The largest absolute Gasteiger partial charge is 0.386 e. The lowest BCUT2D eigenvalue weighted by Crippen LogP contribution is -2.10. The molecule has 0 radical (unpaired) electrons. The van der Waals surface area contributed by atoms with Crippen LogP contribution in [0.3, 0.4) is 0 Å². The van der Waals surface area contributed by atoms with Gasteiger partial charge >= 0.3 is 0 Å². The lowest BCUT2D eigenvalue weighted by molar-refractivity contribution is 0.169. The third-order valence-corrected chi connectivity index (χ3v) is 5.09. The number of aliphatic hydroxyl groups excluding tert-OH is 1. The summed E-state index contributed by atoms with van der Waals surface area (Å²) in [6.45, 7) is 4.74. The van der Waals surface area contributed by atoms with Crippen molar-refractivity contribution in [1.29, 1.82) is 0 Å². The second-order valence-electron chi connectivity index (χ2n) is 4.40. The maximum atomic E-state index is 10.4. The number of nitrogens with zero attached hydrogens (tertiary/aromatic N) is 3. The summed E-state index contributed by atoms with van der Waals surface area (Å²) in [6, 6.07) is 1.88. The lowest BCUT2D eigenvalue weighted by Gasteiger charge is -2.13. The van der Waals surface area contributed by atoms with E-state index in [2.05, 4.69) is 57.9 Å². The van der Waals surface area contributed by atoms with E-state index >= 15 is 0 Å². The van der Waals surface area contributed by atoms with Crippen LogP contribution in [0.4, 0.5) is 0 Å². The number of hydrogen-bond acceptors (Lipinski definition) is 3. The predicted molar refractivity (Wildman–Crippen MR) is 88.6 cm³/mol. The van der Waals surface area contributed by atoms with Gasteiger partial charge in [-0.3, -0.25) is 9.67 Å². The second kappa shape index (κ2) is 6.68. The normalized spacial score (nSPS) is 12.7. The average Bonchev–Trinajstić information content (AvgIpc) is 2.66. The van der Waals surface area contributed by atoms with Crippen molar-refractivity contribution in [2.75, 3.05) is 0 Å². The fraction of sp³-hybridized carbons (Fsp3) is 0.385. The third kappa shape index (κ3) is 3.32. The molecule has 4 nitrogen and oxygen atoms in total. The third-order valence-electron chi connectivity index (χ3n) is 2.99. The van der Waals surface area contributed by atoms with Crippen molar-refractivity contribution in [3.63, 3.8) is 0 Å². The van der Waals surface area contributed by atoms with Gasteiger partial charge in [0, 0.05) is 28.1 Å². The Bertz CT molecular complexity index is 628. The highest BCUT2D eigenvalue weighted by Gasteiger charge is 2.20. The fourth-order valence-corrected chi connectivity index (χ4v) is 3.71. The minimum atomic E-state index is -0.685. The molecule has 108 valence electrons. The summed E-state index contributed by atoms with van der Waals surface area (Å²) in [5.41, 5.74) is 2.53. The van der Waals surface area contributed by atoms with Gasteiger partial charge in [-0.25, -0.2) is 0 Å². The molecule has 0 spiro atoms.